The molecule has 9 nitrogen and oxygen atoms in total. The number of nitrogens with one attached hydrogen (secondary N) is 1. The number of halogens is 1. The molecular formula is C26H23ClN6O3. The minimum absolute atomic E-state index is 0.0462. The third kappa shape index (κ3) is 3.72. The van der Waals surface area contributed by atoms with Gasteiger partial charge in [-0.25, -0.2) is 4.68 Å². The average Bonchev–Trinajstić information content (AvgIpc) is 3.52. The predicted octanol–water partition coefficient (Wildman–Crippen LogP) is 3.40. The van der Waals surface area contributed by atoms with Crippen molar-refractivity contribution in [3.05, 3.63) is 82.9 Å². The van der Waals surface area contributed by atoms with Crippen molar-refractivity contribution in [1.29, 1.82) is 0 Å². The largest absolute Gasteiger partial charge is 0.489 e. The molecule has 0 bridgehead atoms. The molecule has 2 aromatic heterocycles. The zero-order valence-corrected chi connectivity index (χ0v) is 20.3. The number of hydrogen-bond donors (Lipinski definition) is 1. The lowest BCUT2D eigenvalue weighted by molar-refractivity contribution is -0.123. The van der Waals surface area contributed by atoms with Gasteiger partial charge in [0.05, 0.1) is 18.4 Å². The fraction of sp³-hybridized carbons (Fsp3) is 0.231. The Morgan fingerprint density at radius 2 is 1.97 bits per heavy atom. The molecule has 2 aliphatic rings. The molecule has 4 heterocycles. The van der Waals surface area contributed by atoms with E-state index in [2.05, 4.69) is 15.3 Å². The number of H-pyrrole nitrogens is 1. The molecule has 0 aliphatic carbocycles. The third-order valence-corrected chi connectivity index (χ3v) is 7.19. The first kappa shape index (κ1) is 22.4. The monoisotopic (exact) mass is 502 g/mol. The molecule has 182 valence electrons. The second-order valence-electron chi connectivity index (χ2n) is 8.90. The highest BCUT2D eigenvalue weighted by molar-refractivity contribution is 6.31. The number of nitrogens with zero attached hydrogens (tertiary/aromatic N) is 5. The number of carbonyl (C=O) groups excluding carboxylic acids is 2. The molecule has 1 atom stereocenters. The highest BCUT2D eigenvalue weighted by Gasteiger charge is 2.40. The quantitative estimate of drug-likeness (QED) is 0.461. The molecule has 1 N–H and O–H groups in total. The summed E-state index contributed by atoms with van der Waals surface area (Å²) in [5, 5.41) is 11.8. The molecule has 2 amide bonds. The van der Waals surface area contributed by atoms with Gasteiger partial charge in [0.1, 0.15) is 23.6 Å². The minimum atomic E-state index is -0.779. The predicted molar refractivity (Wildman–Crippen MR) is 134 cm³/mol. The van der Waals surface area contributed by atoms with Crippen LogP contribution in [0, 0.1) is 0 Å². The number of aromatic amines is 1. The highest BCUT2D eigenvalue weighted by atomic mass is 35.5. The van der Waals surface area contributed by atoms with Gasteiger partial charge in [-0.05, 0) is 29.7 Å². The number of benzene rings is 2. The van der Waals surface area contributed by atoms with Crippen LogP contribution in [0.25, 0.3) is 11.1 Å². The summed E-state index contributed by atoms with van der Waals surface area (Å²) >= 11 is 6.61. The van der Waals surface area contributed by atoms with Gasteiger partial charge in [-0.2, -0.15) is 10.2 Å². The summed E-state index contributed by atoms with van der Waals surface area (Å²) in [4.78, 5) is 30.1. The first-order chi connectivity index (χ1) is 17.5. The molecule has 2 aromatic carbocycles. The maximum atomic E-state index is 13.5. The molecular weight excluding hydrogens is 480 g/mol. The molecule has 0 spiro atoms. The molecule has 2 aliphatic heterocycles. The van der Waals surface area contributed by atoms with Gasteiger partial charge in [-0.1, -0.05) is 48.0 Å². The lowest BCUT2D eigenvalue weighted by atomic mass is 10.0. The molecule has 0 saturated heterocycles. The number of anilines is 1. The number of rotatable bonds is 4. The lowest BCUT2D eigenvalue weighted by Gasteiger charge is -2.33. The summed E-state index contributed by atoms with van der Waals surface area (Å²) in [5.41, 5.74) is 4.52. The van der Waals surface area contributed by atoms with Crippen LogP contribution in [0.15, 0.2) is 60.9 Å². The van der Waals surface area contributed by atoms with E-state index in [1.54, 1.807) is 33.9 Å². The standard InChI is InChI=1S/C26H23ClN6O3/c1-31-20-8-7-17(18-12-28-29-13-18)11-22(20)36-15-21(25(31)34)32-10-9-19-23(26(32)35)30-33(24(19)27)14-16-5-3-2-4-6-16/h2-8,11-13,21H,9-10,14-15H2,1H3,(H,28,29)/t21-/m0/s1. The zero-order valence-electron chi connectivity index (χ0n) is 19.5. The van der Waals surface area contributed by atoms with Gasteiger partial charge in [-0.15, -0.1) is 0 Å². The van der Waals surface area contributed by atoms with E-state index in [1.165, 1.54) is 0 Å². The fourth-order valence-corrected chi connectivity index (χ4v) is 5.08. The van der Waals surface area contributed by atoms with Crippen molar-refractivity contribution in [2.24, 2.45) is 0 Å². The SMILES string of the molecule is CN1C(=O)[C@@H](N2CCc3c(nn(Cc4ccccc4)c3Cl)C2=O)COc2cc(-c3cn[nH]c3)ccc21. The maximum Gasteiger partial charge on any atom is 0.275 e. The molecule has 0 fully saturated rings. The van der Waals surface area contributed by atoms with E-state index in [1.807, 2.05) is 48.5 Å². The Bertz CT molecular complexity index is 1450. The minimum Gasteiger partial charge on any atom is -0.489 e. The van der Waals surface area contributed by atoms with E-state index < -0.39 is 6.04 Å². The summed E-state index contributed by atoms with van der Waals surface area (Å²) in [6.45, 7) is 0.861. The van der Waals surface area contributed by atoms with E-state index in [-0.39, 0.29) is 18.4 Å². The van der Waals surface area contributed by atoms with Crippen LogP contribution in [0.4, 0.5) is 5.69 Å². The summed E-state index contributed by atoms with van der Waals surface area (Å²) in [6.07, 6.45) is 4.03. The fourth-order valence-electron chi connectivity index (χ4n) is 4.80. The van der Waals surface area contributed by atoms with Crippen molar-refractivity contribution in [3.8, 4) is 16.9 Å². The smallest absolute Gasteiger partial charge is 0.275 e. The van der Waals surface area contributed by atoms with Gasteiger partial charge in [-0.3, -0.25) is 14.7 Å². The third-order valence-electron chi connectivity index (χ3n) is 6.76. The topological polar surface area (TPSA) is 96.3 Å². The first-order valence-corrected chi connectivity index (χ1v) is 12.0. The Balaban J connectivity index is 1.26. The number of aromatic nitrogens is 4. The lowest BCUT2D eigenvalue weighted by Crippen LogP contribution is -2.54. The number of likely N-dealkylation sites (N-methyl/N-ethyl adjacent to an activating group) is 1. The average molecular weight is 503 g/mol. The number of amides is 2. The van der Waals surface area contributed by atoms with Crippen LogP contribution in [0.1, 0.15) is 21.6 Å². The normalized spacial score (nSPS) is 17.4. The van der Waals surface area contributed by atoms with Crippen LogP contribution >= 0.6 is 11.6 Å². The van der Waals surface area contributed by atoms with Crippen LogP contribution in [-0.4, -0.2) is 62.9 Å². The van der Waals surface area contributed by atoms with Gasteiger partial charge in [0.2, 0.25) is 0 Å². The van der Waals surface area contributed by atoms with Gasteiger partial charge in [0.25, 0.3) is 11.8 Å². The van der Waals surface area contributed by atoms with Gasteiger partial charge >= 0.3 is 0 Å². The summed E-state index contributed by atoms with van der Waals surface area (Å²) in [5.74, 6) is 0.0501. The van der Waals surface area contributed by atoms with Crippen LogP contribution in [-0.2, 0) is 17.8 Å². The van der Waals surface area contributed by atoms with E-state index >= 15 is 0 Å². The molecule has 0 saturated carbocycles. The number of fused-ring (bicyclic) bond motifs is 2. The number of ether oxygens (including phenoxy) is 1. The Hall–Kier alpha value is -4.11. The van der Waals surface area contributed by atoms with Crippen LogP contribution in [0.3, 0.4) is 0 Å². The van der Waals surface area contributed by atoms with E-state index in [0.29, 0.717) is 41.8 Å². The van der Waals surface area contributed by atoms with Crippen molar-refractivity contribution < 1.29 is 14.3 Å². The zero-order chi connectivity index (χ0) is 24.8. The van der Waals surface area contributed by atoms with Gasteiger partial charge in [0.15, 0.2) is 5.69 Å². The maximum absolute atomic E-state index is 13.5. The number of carbonyl (C=O) groups is 2. The van der Waals surface area contributed by atoms with E-state index in [9.17, 15) is 9.59 Å². The van der Waals surface area contributed by atoms with Gasteiger partial charge in [0, 0.05) is 30.9 Å². The van der Waals surface area contributed by atoms with Crippen molar-refractivity contribution >= 4 is 29.1 Å². The molecule has 36 heavy (non-hydrogen) atoms. The first-order valence-electron chi connectivity index (χ1n) is 11.6. The Morgan fingerprint density at radius 1 is 1.14 bits per heavy atom. The van der Waals surface area contributed by atoms with Gasteiger partial charge < -0.3 is 14.5 Å². The Kier molecular flexibility index (Phi) is 5.49. The second-order valence-corrected chi connectivity index (χ2v) is 9.26. The molecule has 0 unspecified atom stereocenters. The molecule has 4 aromatic rings. The van der Waals surface area contributed by atoms with Crippen LogP contribution in [0.2, 0.25) is 5.15 Å². The van der Waals surface area contributed by atoms with Crippen molar-refractivity contribution in [1.82, 2.24) is 24.9 Å². The number of hydrogen-bond acceptors (Lipinski definition) is 5. The molecule has 10 heteroatoms. The highest BCUT2D eigenvalue weighted by Crippen LogP contribution is 2.36. The summed E-state index contributed by atoms with van der Waals surface area (Å²) in [6, 6.07) is 14.7. The second kappa shape index (κ2) is 8.83. The summed E-state index contributed by atoms with van der Waals surface area (Å²) in [7, 11) is 1.70. The van der Waals surface area contributed by atoms with Crippen molar-refractivity contribution in [2.75, 3.05) is 25.1 Å². The molecule has 0 radical (unpaired) electrons. The van der Waals surface area contributed by atoms with Crippen molar-refractivity contribution in [3.63, 3.8) is 0 Å². The summed E-state index contributed by atoms with van der Waals surface area (Å²) < 4.78 is 7.75. The van der Waals surface area contributed by atoms with E-state index in [4.69, 9.17) is 16.3 Å². The van der Waals surface area contributed by atoms with E-state index in [0.717, 1.165) is 22.3 Å². The van der Waals surface area contributed by atoms with Crippen LogP contribution < -0.4 is 9.64 Å². The Labute approximate surface area is 212 Å². The Morgan fingerprint density at radius 3 is 2.75 bits per heavy atom. The van der Waals surface area contributed by atoms with Crippen molar-refractivity contribution in [2.45, 2.75) is 19.0 Å². The molecule has 6 rings (SSSR count). The van der Waals surface area contributed by atoms with Crippen LogP contribution in [0.5, 0.6) is 5.75 Å².